The summed E-state index contributed by atoms with van der Waals surface area (Å²) < 4.78 is 7.17. The number of anilines is 1. The Bertz CT molecular complexity index is 1510. The molecule has 4 aromatic rings. The Balaban J connectivity index is 1.29. The summed E-state index contributed by atoms with van der Waals surface area (Å²) in [5.74, 6) is 0.319. The average Bonchev–Trinajstić information content (AvgIpc) is 3.55. The Labute approximate surface area is 225 Å². The van der Waals surface area contributed by atoms with E-state index in [0.717, 1.165) is 63.9 Å². The van der Waals surface area contributed by atoms with E-state index in [9.17, 15) is 4.79 Å². The highest BCUT2D eigenvalue weighted by Crippen LogP contribution is 2.39. The lowest BCUT2D eigenvalue weighted by Crippen LogP contribution is -2.40. The standard InChI is InChI=1S/C27H30N8O2S/c1-27(2,3)37-26(36)32-18-7-5-17(6-8-18)24-33-34-25(38-24)20-15-30-22(12-21(20)29-4)23-10-9-19-11-16(13-28)14-31-35(19)23/h9-12,14-15,17-18H,5-8H2,1-4H3,(H,29,30)(H,32,36). The zero-order valence-corrected chi connectivity index (χ0v) is 22.7. The van der Waals surface area contributed by atoms with Crippen molar-refractivity contribution in [2.75, 3.05) is 12.4 Å². The van der Waals surface area contributed by atoms with Gasteiger partial charge in [-0.15, -0.1) is 10.2 Å². The second-order valence-corrected chi connectivity index (χ2v) is 11.4. The molecule has 196 valence electrons. The Hall–Kier alpha value is -4.04. The number of hydrogen-bond acceptors (Lipinski definition) is 9. The summed E-state index contributed by atoms with van der Waals surface area (Å²) in [6.07, 6.45) is 6.65. The van der Waals surface area contributed by atoms with Crippen LogP contribution in [-0.2, 0) is 4.74 Å². The summed E-state index contributed by atoms with van der Waals surface area (Å²) in [4.78, 5) is 16.8. The van der Waals surface area contributed by atoms with Crippen LogP contribution in [0.2, 0.25) is 0 Å². The van der Waals surface area contributed by atoms with Crippen molar-refractivity contribution in [3.63, 3.8) is 0 Å². The third kappa shape index (κ3) is 5.45. The molecule has 0 aromatic carbocycles. The van der Waals surface area contributed by atoms with Gasteiger partial charge < -0.3 is 15.4 Å². The van der Waals surface area contributed by atoms with Crippen molar-refractivity contribution in [1.29, 1.82) is 5.26 Å². The maximum Gasteiger partial charge on any atom is 0.407 e. The Morgan fingerprint density at radius 3 is 2.66 bits per heavy atom. The van der Waals surface area contributed by atoms with E-state index in [4.69, 9.17) is 15.0 Å². The van der Waals surface area contributed by atoms with Crippen LogP contribution >= 0.6 is 11.3 Å². The molecule has 38 heavy (non-hydrogen) atoms. The largest absolute Gasteiger partial charge is 0.444 e. The molecule has 4 aromatic heterocycles. The molecule has 1 aliphatic rings. The molecule has 1 aliphatic carbocycles. The van der Waals surface area contributed by atoms with Crippen LogP contribution in [0, 0.1) is 11.3 Å². The number of nitrogens with zero attached hydrogens (tertiary/aromatic N) is 6. The molecule has 0 atom stereocenters. The minimum absolute atomic E-state index is 0.118. The van der Waals surface area contributed by atoms with Crippen molar-refractivity contribution >= 4 is 28.6 Å². The van der Waals surface area contributed by atoms with Crippen molar-refractivity contribution in [1.82, 2.24) is 30.1 Å². The first kappa shape index (κ1) is 25.6. The number of amides is 1. The van der Waals surface area contributed by atoms with E-state index in [1.165, 1.54) is 0 Å². The second kappa shape index (κ2) is 10.4. The fraction of sp³-hybridized carbons (Fsp3) is 0.407. The molecule has 1 saturated carbocycles. The summed E-state index contributed by atoms with van der Waals surface area (Å²) in [5, 5.41) is 30.6. The van der Waals surface area contributed by atoms with E-state index in [1.807, 2.05) is 52.2 Å². The molecule has 5 rings (SSSR count). The molecule has 1 amide bonds. The molecule has 1 fully saturated rings. The number of nitriles is 1. The first-order chi connectivity index (χ1) is 18.2. The topological polar surface area (TPSA) is 130 Å². The monoisotopic (exact) mass is 530 g/mol. The van der Waals surface area contributed by atoms with E-state index in [0.29, 0.717) is 11.5 Å². The summed E-state index contributed by atoms with van der Waals surface area (Å²) in [6.45, 7) is 5.60. The van der Waals surface area contributed by atoms with Gasteiger partial charge in [0, 0.05) is 30.9 Å². The number of alkyl carbamates (subject to hydrolysis) is 1. The lowest BCUT2D eigenvalue weighted by Gasteiger charge is -2.29. The Kier molecular flexibility index (Phi) is 6.99. The molecule has 0 spiro atoms. The number of fused-ring (bicyclic) bond motifs is 1. The van der Waals surface area contributed by atoms with E-state index >= 15 is 0 Å². The minimum Gasteiger partial charge on any atom is -0.444 e. The summed E-state index contributed by atoms with van der Waals surface area (Å²) in [7, 11) is 1.87. The predicted octanol–water partition coefficient (Wildman–Crippen LogP) is 5.38. The third-order valence-electron chi connectivity index (χ3n) is 6.53. The maximum atomic E-state index is 12.1. The fourth-order valence-electron chi connectivity index (χ4n) is 4.69. The molecule has 0 saturated heterocycles. The molecule has 0 unspecified atom stereocenters. The van der Waals surface area contributed by atoms with Crippen molar-refractivity contribution < 1.29 is 9.53 Å². The maximum absolute atomic E-state index is 12.1. The second-order valence-electron chi connectivity index (χ2n) is 10.4. The van der Waals surface area contributed by atoms with E-state index in [-0.39, 0.29) is 12.1 Å². The third-order valence-corrected chi connectivity index (χ3v) is 7.65. The minimum atomic E-state index is -0.502. The number of carbonyl (C=O) groups is 1. The first-order valence-corrected chi connectivity index (χ1v) is 13.4. The van der Waals surface area contributed by atoms with Gasteiger partial charge in [-0.1, -0.05) is 11.3 Å². The highest BCUT2D eigenvalue weighted by atomic mass is 32.1. The predicted molar refractivity (Wildman–Crippen MR) is 146 cm³/mol. The number of pyridine rings is 1. The van der Waals surface area contributed by atoms with Crippen LogP contribution in [0.4, 0.5) is 10.5 Å². The zero-order valence-electron chi connectivity index (χ0n) is 21.9. The van der Waals surface area contributed by atoms with Gasteiger partial charge in [-0.05, 0) is 70.7 Å². The van der Waals surface area contributed by atoms with E-state index < -0.39 is 5.60 Å². The lowest BCUT2D eigenvalue weighted by atomic mass is 9.86. The van der Waals surface area contributed by atoms with Crippen molar-refractivity contribution in [3.8, 4) is 28.0 Å². The van der Waals surface area contributed by atoms with Crippen LogP contribution in [0.1, 0.15) is 62.9 Å². The fourth-order valence-corrected chi connectivity index (χ4v) is 5.73. The smallest absolute Gasteiger partial charge is 0.407 e. The molecule has 11 heteroatoms. The Morgan fingerprint density at radius 2 is 1.95 bits per heavy atom. The van der Waals surface area contributed by atoms with Crippen LogP contribution in [0.15, 0.2) is 36.7 Å². The van der Waals surface area contributed by atoms with Crippen LogP contribution < -0.4 is 10.6 Å². The number of carbonyl (C=O) groups excluding carboxylic acids is 1. The SMILES string of the molecule is CNc1cc(-c2ccc3cc(C#N)cnn23)ncc1-c1nnc(C2CCC(NC(=O)OC(C)(C)C)CC2)s1. The summed E-state index contributed by atoms with van der Waals surface area (Å²) >= 11 is 1.59. The molecular formula is C27H30N8O2S. The normalized spacial score (nSPS) is 17.7. The van der Waals surface area contributed by atoms with Gasteiger partial charge in [0.1, 0.15) is 16.7 Å². The average molecular weight is 531 g/mol. The number of nitrogens with one attached hydrogen (secondary N) is 2. The van der Waals surface area contributed by atoms with Gasteiger partial charge in [0.15, 0.2) is 5.01 Å². The number of aromatic nitrogens is 5. The van der Waals surface area contributed by atoms with Gasteiger partial charge in [0.05, 0.1) is 34.2 Å². The quantitative estimate of drug-likeness (QED) is 0.352. The molecular weight excluding hydrogens is 500 g/mol. The van der Waals surface area contributed by atoms with Gasteiger partial charge in [-0.25, -0.2) is 9.31 Å². The highest BCUT2D eigenvalue weighted by Gasteiger charge is 2.28. The van der Waals surface area contributed by atoms with Gasteiger partial charge in [0.25, 0.3) is 0 Å². The Morgan fingerprint density at radius 1 is 1.16 bits per heavy atom. The van der Waals surface area contributed by atoms with Gasteiger partial charge in [-0.2, -0.15) is 10.4 Å². The van der Waals surface area contributed by atoms with Crippen molar-refractivity contribution in [2.45, 2.75) is 64.0 Å². The van der Waals surface area contributed by atoms with Crippen LogP contribution in [-0.4, -0.2) is 49.6 Å². The van der Waals surface area contributed by atoms with Crippen LogP contribution in [0.25, 0.3) is 27.5 Å². The molecule has 4 heterocycles. The van der Waals surface area contributed by atoms with Crippen molar-refractivity contribution in [2.24, 2.45) is 0 Å². The van der Waals surface area contributed by atoms with Gasteiger partial charge >= 0.3 is 6.09 Å². The molecule has 2 N–H and O–H groups in total. The molecule has 0 aliphatic heterocycles. The molecule has 0 radical (unpaired) electrons. The van der Waals surface area contributed by atoms with Gasteiger partial charge in [0.2, 0.25) is 0 Å². The molecule has 10 nitrogen and oxygen atoms in total. The van der Waals surface area contributed by atoms with Crippen LogP contribution in [0.3, 0.4) is 0 Å². The van der Waals surface area contributed by atoms with E-state index in [2.05, 4.69) is 32.0 Å². The number of rotatable bonds is 5. The zero-order chi connectivity index (χ0) is 26.9. The first-order valence-electron chi connectivity index (χ1n) is 12.6. The summed E-state index contributed by atoms with van der Waals surface area (Å²) in [6, 6.07) is 9.88. The molecule has 0 bridgehead atoms. The summed E-state index contributed by atoms with van der Waals surface area (Å²) in [5.41, 5.74) is 4.23. The highest BCUT2D eigenvalue weighted by molar-refractivity contribution is 7.14. The van der Waals surface area contributed by atoms with Gasteiger partial charge in [-0.3, -0.25) is 4.98 Å². The van der Waals surface area contributed by atoms with Crippen molar-refractivity contribution in [3.05, 3.63) is 47.2 Å². The number of ether oxygens (including phenoxy) is 1. The van der Waals surface area contributed by atoms with E-state index in [1.54, 1.807) is 28.1 Å². The van der Waals surface area contributed by atoms with Crippen LogP contribution in [0.5, 0.6) is 0 Å². The lowest BCUT2D eigenvalue weighted by molar-refractivity contribution is 0.0491. The number of hydrogen-bond donors (Lipinski definition) is 2.